The molecule has 1 spiro atoms. The van der Waals surface area contributed by atoms with Gasteiger partial charge in [0.05, 0.1) is 12.0 Å². The molecule has 1 fully saturated rings. The summed E-state index contributed by atoms with van der Waals surface area (Å²) < 4.78 is 19.2. The van der Waals surface area contributed by atoms with E-state index < -0.39 is 11.4 Å². The quantitative estimate of drug-likeness (QED) is 0.754. The minimum absolute atomic E-state index is 0.236. The van der Waals surface area contributed by atoms with E-state index in [0.717, 1.165) is 18.7 Å². The normalized spacial score (nSPS) is 27.5. The molecule has 0 amide bonds. The van der Waals surface area contributed by atoms with E-state index in [1.165, 1.54) is 6.08 Å². The predicted octanol–water partition coefficient (Wildman–Crippen LogP) is 1.69. The lowest BCUT2D eigenvalue weighted by Gasteiger charge is -2.30. The fourth-order valence-electron chi connectivity index (χ4n) is 3.04. The highest BCUT2D eigenvalue weighted by Gasteiger charge is 2.45. The molecule has 1 atom stereocenters. The minimum atomic E-state index is -0.565. The van der Waals surface area contributed by atoms with E-state index >= 15 is 0 Å². The van der Waals surface area contributed by atoms with Crippen LogP contribution in [0.3, 0.4) is 0 Å². The molecule has 5 heteroatoms. The van der Waals surface area contributed by atoms with Crippen molar-refractivity contribution >= 4 is 5.97 Å². The van der Waals surface area contributed by atoms with Crippen LogP contribution in [0.2, 0.25) is 0 Å². The van der Waals surface area contributed by atoms with Gasteiger partial charge in [0.2, 0.25) is 0 Å². The molecule has 2 heterocycles. The highest BCUT2D eigenvalue weighted by atomic mass is 19.1. The summed E-state index contributed by atoms with van der Waals surface area (Å²) in [7, 11) is 0. The van der Waals surface area contributed by atoms with E-state index in [0.29, 0.717) is 24.4 Å². The van der Waals surface area contributed by atoms with Gasteiger partial charge in [0.1, 0.15) is 11.5 Å². The molecule has 0 saturated carbocycles. The Morgan fingerprint density at radius 2 is 2.30 bits per heavy atom. The molecule has 0 aromatic carbocycles. The average molecular weight is 276 g/mol. The van der Waals surface area contributed by atoms with Crippen molar-refractivity contribution in [1.82, 2.24) is 10.6 Å². The molecule has 3 aliphatic rings. The summed E-state index contributed by atoms with van der Waals surface area (Å²) in [5, 5.41) is 6.28. The molecule has 2 aliphatic heterocycles. The standard InChI is InChI=1S/C15H17FN2O2/c1-2-20-14(19)12-9-15-6-8-18-13(15)4-3-11(16)10(15)5-7-17-12/h3-5,9,17-18H,2,6-8H2,1H3. The molecule has 2 N–H and O–H groups in total. The maximum absolute atomic E-state index is 14.2. The number of nitrogens with one attached hydrogen (secondary N) is 2. The number of esters is 1. The molecule has 1 unspecified atom stereocenters. The predicted molar refractivity (Wildman–Crippen MR) is 73.1 cm³/mol. The SMILES string of the molecule is CCOC(=O)C1=CC23CCNC2=CC=C(F)C3=CCN1. The van der Waals surface area contributed by atoms with E-state index in [9.17, 15) is 9.18 Å². The van der Waals surface area contributed by atoms with Gasteiger partial charge in [0, 0.05) is 24.4 Å². The molecule has 20 heavy (non-hydrogen) atoms. The lowest BCUT2D eigenvalue weighted by atomic mass is 9.73. The molecule has 1 aliphatic carbocycles. The van der Waals surface area contributed by atoms with Gasteiger partial charge in [0.15, 0.2) is 0 Å². The van der Waals surface area contributed by atoms with Crippen LogP contribution in [-0.4, -0.2) is 25.7 Å². The highest BCUT2D eigenvalue weighted by Crippen LogP contribution is 2.49. The van der Waals surface area contributed by atoms with E-state index in [1.807, 2.05) is 12.2 Å². The highest BCUT2D eigenvalue weighted by molar-refractivity contribution is 5.88. The molecule has 0 bridgehead atoms. The third-order valence-electron chi connectivity index (χ3n) is 3.93. The van der Waals surface area contributed by atoms with E-state index in [4.69, 9.17) is 4.74 Å². The molecule has 106 valence electrons. The zero-order valence-electron chi connectivity index (χ0n) is 11.3. The van der Waals surface area contributed by atoms with Gasteiger partial charge in [-0.15, -0.1) is 0 Å². The summed E-state index contributed by atoms with van der Waals surface area (Å²) in [6.07, 6.45) is 7.58. The number of allylic oxidation sites excluding steroid dienone is 4. The van der Waals surface area contributed by atoms with Gasteiger partial charge in [-0.05, 0) is 31.6 Å². The maximum atomic E-state index is 14.2. The molecule has 0 aromatic rings. The van der Waals surface area contributed by atoms with E-state index in [-0.39, 0.29) is 5.83 Å². The first-order chi connectivity index (χ1) is 9.67. The van der Waals surface area contributed by atoms with Gasteiger partial charge in [0.25, 0.3) is 0 Å². The summed E-state index contributed by atoms with van der Waals surface area (Å²) in [5.41, 5.74) is 1.41. The Bertz CT molecular complexity index is 574. The number of halogens is 1. The Hall–Kier alpha value is -2.04. The van der Waals surface area contributed by atoms with Crippen LogP contribution in [0.5, 0.6) is 0 Å². The average Bonchev–Trinajstić information content (AvgIpc) is 2.72. The van der Waals surface area contributed by atoms with Crippen LogP contribution in [0.15, 0.2) is 47.1 Å². The second-order valence-electron chi connectivity index (χ2n) is 5.02. The van der Waals surface area contributed by atoms with Crippen LogP contribution in [0.1, 0.15) is 13.3 Å². The number of carbonyl (C=O) groups is 1. The Labute approximate surface area is 117 Å². The third-order valence-corrected chi connectivity index (χ3v) is 3.93. The van der Waals surface area contributed by atoms with Crippen molar-refractivity contribution in [3.63, 3.8) is 0 Å². The second-order valence-corrected chi connectivity index (χ2v) is 5.02. The third kappa shape index (κ3) is 1.85. The largest absolute Gasteiger partial charge is 0.461 e. The first-order valence-corrected chi connectivity index (χ1v) is 6.84. The Balaban J connectivity index is 2.06. The summed E-state index contributed by atoms with van der Waals surface area (Å²) in [4.78, 5) is 12.0. The fourth-order valence-corrected chi connectivity index (χ4v) is 3.04. The number of hydrogen-bond acceptors (Lipinski definition) is 4. The van der Waals surface area contributed by atoms with Gasteiger partial charge >= 0.3 is 5.97 Å². The van der Waals surface area contributed by atoms with E-state index in [2.05, 4.69) is 10.6 Å². The molecule has 4 nitrogen and oxygen atoms in total. The molecular formula is C15H17FN2O2. The van der Waals surface area contributed by atoms with Crippen LogP contribution in [0.4, 0.5) is 4.39 Å². The van der Waals surface area contributed by atoms with Crippen molar-refractivity contribution in [3.8, 4) is 0 Å². The number of ether oxygens (including phenoxy) is 1. The van der Waals surface area contributed by atoms with Crippen LogP contribution < -0.4 is 10.6 Å². The Kier molecular flexibility index (Phi) is 3.12. The summed E-state index contributed by atoms with van der Waals surface area (Å²) in [6.45, 7) is 3.26. The summed E-state index contributed by atoms with van der Waals surface area (Å²) in [6, 6.07) is 0. The Morgan fingerprint density at radius 3 is 3.10 bits per heavy atom. The molecule has 3 rings (SSSR count). The maximum Gasteiger partial charge on any atom is 0.354 e. The van der Waals surface area contributed by atoms with E-state index in [1.54, 1.807) is 13.0 Å². The lowest BCUT2D eigenvalue weighted by Crippen LogP contribution is -2.27. The van der Waals surface area contributed by atoms with Gasteiger partial charge in [-0.2, -0.15) is 0 Å². The zero-order valence-corrected chi connectivity index (χ0v) is 11.3. The van der Waals surface area contributed by atoms with Crippen molar-refractivity contribution < 1.29 is 13.9 Å². The number of carbonyl (C=O) groups excluding carboxylic acids is 1. The molecular weight excluding hydrogens is 259 g/mol. The summed E-state index contributed by atoms with van der Waals surface area (Å²) in [5.74, 6) is -0.627. The van der Waals surface area contributed by atoms with Crippen LogP contribution in [0.25, 0.3) is 0 Å². The molecule has 0 radical (unpaired) electrons. The molecule has 1 saturated heterocycles. The first kappa shape index (κ1) is 13.0. The van der Waals surface area contributed by atoms with Gasteiger partial charge in [-0.25, -0.2) is 9.18 Å². The van der Waals surface area contributed by atoms with Crippen molar-refractivity contribution in [2.24, 2.45) is 5.41 Å². The topological polar surface area (TPSA) is 50.4 Å². The molecule has 0 aromatic heterocycles. The van der Waals surface area contributed by atoms with Gasteiger partial charge < -0.3 is 15.4 Å². The number of hydrogen-bond donors (Lipinski definition) is 2. The van der Waals surface area contributed by atoms with Crippen LogP contribution in [-0.2, 0) is 9.53 Å². The first-order valence-electron chi connectivity index (χ1n) is 6.84. The van der Waals surface area contributed by atoms with Crippen molar-refractivity contribution in [1.29, 1.82) is 0 Å². The van der Waals surface area contributed by atoms with Crippen molar-refractivity contribution in [3.05, 3.63) is 47.1 Å². The minimum Gasteiger partial charge on any atom is -0.461 e. The van der Waals surface area contributed by atoms with Crippen molar-refractivity contribution in [2.75, 3.05) is 19.7 Å². The monoisotopic (exact) mass is 276 g/mol. The fraction of sp³-hybridized carbons (Fsp3) is 0.400. The van der Waals surface area contributed by atoms with Gasteiger partial charge in [-0.3, -0.25) is 0 Å². The lowest BCUT2D eigenvalue weighted by molar-refractivity contribution is -0.139. The van der Waals surface area contributed by atoms with Crippen molar-refractivity contribution in [2.45, 2.75) is 13.3 Å². The Morgan fingerprint density at radius 1 is 1.45 bits per heavy atom. The number of rotatable bonds is 2. The smallest absolute Gasteiger partial charge is 0.354 e. The summed E-state index contributed by atoms with van der Waals surface area (Å²) >= 11 is 0. The van der Waals surface area contributed by atoms with Gasteiger partial charge in [-0.1, -0.05) is 6.08 Å². The van der Waals surface area contributed by atoms with Crippen LogP contribution in [0, 0.1) is 5.41 Å². The zero-order chi connectivity index (χ0) is 14.2. The second kappa shape index (κ2) is 4.81. The van der Waals surface area contributed by atoms with Crippen LogP contribution >= 0.6 is 0 Å².